The van der Waals surface area contributed by atoms with E-state index in [0.29, 0.717) is 17.5 Å². The highest BCUT2D eigenvalue weighted by Gasteiger charge is 2.32. The molecule has 1 fully saturated rings. The van der Waals surface area contributed by atoms with Crippen LogP contribution in [0.25, 0.3) is 0 Å². The van der Waals surface area contributed by atoms with Crippen molar-refractivity contribution < 1.29 is 17.6 Å². The number of rotatable bonds is 12. The summed E-state index contributed by atoms with van der Waals surface area (Å²) in [4.78, 5) is 0. The lowest BCUT2D eigenvalue weighted by Crippen LogP contribution is -2.15. The zero-order valence-corrected chi connectivity index (χ0v) is 18.0. The minimum absolute atomic E-state index is 0.0706. The van der Waals surface area contributed by atoms with Crippen LogP contribution in [-0.2, 0) is 6.18 Å². The third-order valence-corrected chi connectivity index (χ3v) is 6.58. The van der Waals surface area contributed by atoms with Gasteiger partial charge < -0.3 is 0 Å². The normalized spacial score (nSPS) is 20.2. The number of hydrogen-bond acceptors (Lipinski definition) is 0. The molecule has 166 valence electrons. The zero-order chi connectivity index (χ0) is 21.1. The summed E-state index contributed by atoms with van der Waals surface area (Å²) < 4.78 is 52.3. The van der Waals surface area contributed by atoms with Crippen molar-refractivity contribution >= 4 is 0 Å². The summed E-state index contributed by atoms with van der Waals surface area (Å²) in [7, 11) is 0. The van der Waals surface area contributed by atoms with E-state index in [-0.39, 0.29) is 5.92 Å². The summed E-state index contributed by atoms with van der Waals surface area (Å²) in [5.41, 5.74) is -0.427. The van der Waals surface area contributed by atoms with Crippen LogP contribution < -0.4 is 0 Å². The molecular weight excluding hydrogens is 376 g/mol. The first-order valence-electron chi connectivity index (χ1n) is 11.8. The average molecular weight is 415 g/mol. The first-order valence-corrected chi connectivity index (χ1v) is 11.8. The second-order valence-electron chi connectivity index (χ2n) is 8.92. The van der Waals surface area contributed by atoms with Gasteiger partial charge in [0.2, 0.25) is 0 Å². The summed E-state index contributed by atoms with van der Waals surface area (Å²) in [6.07, 6.45) is 14.2. The minimum Gasteiger partial charge on any atom is -0.207 e. The summed E-state index contributed by atoms with van der Waals surface area (Å²) in [5, 5.41) is 0. The Labute approximate surface area is 174 Å². The Hall–Kier alpha value is -1.06. The van der Waals surface area contributed by atoms with Gasteiger partial charge in [-0.2, -0.15) is 13.2 Å². The van der Waals surface area contributed by atoms with Crippen LogP contribution >= 0.6 is 0 Å². The Morgan fingerprint density at radius 1 is 0.793 bits per heavy atom. The maximum absolute atomic E-state index is 14.2. The van der Waals surface area contributed by atoms with Crippen molar-refractivity contribution in [1.29, 1.82) is 0 Å². The first-order chi connectivity index (χ1) is 13.9. The van der Waals surface area contributed by atoms with Crippen molar-refractivity contribution in [2.75, 3.05) is 0 Å². The van der Waals surface area contributed by atoms with Gasteiger partial charge >= 0.3 is 6.18 Å². The largest absolute Gasteiger partial charge is 0.416 e. The fourth-order valence-corrected chi connectivity index (χ4v) is 4.72. The van der Waals surface area contributed by atoms with Crippen molar-refractivity contribution in [1.82, 2.24) is 0 Å². The fraction of sp³-hybridized carbons (Fsp3) is 0.760. The van der Waals surface area contributed by atoms with Crippen LogP contribution in [0.2, 0.25) is 0 Å². The lowest BCUT2D eigenvalue weighted by molar-refractivity contribution is -0.137. The van der Waals surface area contributed by atoms with Gasteiger partial charge in [-0.3, -0.25) is 0 Å². The maximum Gasteiger partial charge on any atom is 0.416 e. The molecule has 1 aliphatic rings. The fourth-order valence-electron chi connectivity index (χ4n) is 4.72. The lowest BCUT2D eigenvalue weighted by Gasteiger charge is -2.29. The van der Waals surface area contributed by atoms with Gasteiger partial charge in [0.25, 0.3) is 0 Å². The van der Waals surface area contributed by atoms with E-state index in [0.717, 1.165) is 31.7 Å². The summed E-state index contributed by atoms with van der Waals surface area (Å²) >= 11 is 0. The molecule has 0 unspecified atom stereocenters. The van der Waals surface area contributed by atoms with Gasteiger partial charge in [-0.1, -0.05) is 83.6 Å². The van der Waals surface area contributed by atoms with Gasteiger partial charge in [0.1, 0.15) is 5.82 Å². The van der Waals surface area contributed by atoms with Crippen molar-refractivity contribution in [3.63, 3.8) is 0 Å². The Morgan fingerprint density at radius 2 is 1.34 bits per heavy atom. The number of unbranched alkanes of at least 4 members (excludes halogenated alkanes) is 9. The first kappa shape index (κ1) is 24.2. The molecule has 0 saturated heterocycles. The molecule has 0 heterocycles. The highest BCUT2D eigenvalue weighted by molar-refractivity contribution is 5.29. The zero-order valence-electron chi connectivity index (χ0n) is 18.0. The second kappa shape index (κ2) is 12.6. The van der Waals surface area contributed by atoms with Crippen molar-refractivity contribution in [3.05, 3.63) is 35.1 Å². The van der Waals surface area contributed by atoms with Crippen LogP contribution in [0.5, 0.6) is 0 Å². The Morgan fingerprint density at radius 3 is 1.86 bits per heavy atom. The SMILES string of the molecule is CCCCCCCCCCCCC1CCC(c2ccc(C(F)(F)F)cc2F)CC1. The number of benzene rings is 1. The van der Waals surface area contributed by atoms with E-state index in [1.54, 1.807) is 0 Å². The molecule has 1 aliphatic carbocycles. The van der Waals surface area contributed by atoms with E-state index in [4.69, 9.17) is 0 Å². The van der Waals surface area contributed by atoms with E-state index < -0.39 is 17.6 Å². The Balaban J connectivity index is 1.59. The van der Waals surface area contributed by atoms with Gasteiger partial charge in [0.05, 0.1) is 5.56 Å². The molecular formula is C25H38F4. The smallest absolute Gasteiger partial charge is 0.207 e. The molecule has 2 rings (SSSR count). The van der Waals surface area contributed by atoms with Gasteiger partial charge in [-0.25, -0.2) is 4.39 Å². The van der Waals surface area contributed by atoms with E-state index >= 15 is 0 Å². The predicted octanol–water partition coefficient (Wildman–Crippen LogP) is 9.43. The molecule has 1 aromatic carbocycles. The third kappa shape index (κ3) is 8.68. The molecule has 0 amide bonds. The van der Waals surface area contributed by atoms with Crippen LogP contribution in [-0.4, -0.2) is 0 Å². The van der Waals surface area contributed by atoms with Crippen LogP contribution in [0.15, 0.2) is 18.2 Å². The number of alkyl halides is 3. The Bertz CT molecular complexity index is 571. The third-order valence-electron chi connectivity index (χ3n) is 6.58. The molecule has 0 spiro atoms. The topological polar surface area (TPSA) is 0 Å². The van der Waals surface area contributed by atoms with Crippen molar-refractivity contribution in [2.45, 2.75) is 115 Å². The molecule has 0 N–H and O–H groups in total. The van der Waals surface area contributed by atoms with Gasteiger partial charge in [-0.15, -0.1) is 0 Å². The quantitative estimate of drug-likeness (QED) is 0.236. The monoisotopic (exact) mass is 414 g/mol. The van der Waals surface area contributed by atoms with Crippen LogP contribution in [0.4, 0.5) is 17.6 Å². The average Bonchev–Trinajstić information content (AvgIpc) is 2.69. The van der Waals surface area contributed by atoms with Gasteiger partial charge in [0, 0.05) is 0 Å². The van der Waals surface area contributed by atoms with E-state index in [1.807, 2.05) is 0 Å². The molecule has 1 aromatic rings. The lowest BCUT2D eigenvalue weighted by atomic mass is 9.76. The summed E-state index contributed by atoms with van der Waals surface area (Å²) in [6, 6.07) is 3.03. The van der Waals surface area contributed by atoms with E-state index in [2.05, 4.69) is 6.92 Å². The highest BCUT2D eigenvalue weighted by atomic mass is 19.4. The number of halogens is 4. The Kier molecular flexibility index (Phi) is 10.5. The molecule has 0 aliphatic heterocycles. The second-order valence-corrected chi connectivity index (χ2v) is 8.92. The molecule has 0 bridgehead atoms. The summed E-state index contributed by atoms with van der Waals surface area (Å²) in [6.45, 7) is 2.25. The highest BCUT2D eigenvalue weighted by Crippen LogP contribution is 2.40. The minimum atomic E-state index is -4.48. The molecule has 0 nitrogen and oxygen atoms in total. The maximum atomic E-state index is 14.2. The predicted molar refractivity (Wildman–Crippen MR) is 113 cm³/mol. The van der Waals surface area contributed by atoms with Crippen LogP contribution in [0.1, 0.15) is 120 Å². The molecule has 4 heteroatoms. The molecule has 0 aromatic heterocycles. The summed E-state index contributed by atoms with van der Waals surface area (Å²) in [5.74, 6) is 0.0806. The van der Waals surface area contributed by atoms with Crippen molar-refractivity contribution in [3.8, 4) is 0 Å². The van der Waals surface area contributed by atoms with Gasteiger partial charge in [0.15, 0.2) is 0 Å². The standard InChI is InChI=1S/C25H38F4/c1-2-3-4-5-6-7-8-9-10-11-12-20-13-15-21(16-14-20)23-18-17-22(19-24(23)26)25(27,28)29/h17-21H,2-16H2,1H3. The molecule has 0 radical (unpaired) electrons. The molecule has 1 saturated carbocycles. The van der Waals surface area contributed by atoms with Crippen LogP contribution in [0, 0.1) is 11.7 Å². The van der Waals surface area contributed by atoms with Crippen molar-refractivity contribution in [2.24, 2.45) is 5.92 Å². The number of hydrogen-bond donors (Lipinski definition) is 0. The van der Waals surface area contributed by atoms with Crippen LogP contribution in [0.3, 0.4) is 0 Å². The van der Waals surface area contributed by atoms with Gasteiger partial charge in [-0.05, 0) is 55.2 Å². The van der Waals surface area contributed by atoms with E-state index in [1.165, 1.54) is 76.7 Å². The molecule has 0 atom stereocenters. The van der Waals surface area contributed by atoms with E-state index in [9.17, 15) is 17.6 Å². The molecule has 29 heavy (non-hydrogen) atoms.